The average Bonchev–Trinajstić information content (AvgIpc) is 2.99. The van der Waals surface area contributed by atoms with Gasteiger partial charge in [0, 0.05) is 22.3 Å². The maximum absolute atomic E-state index is 12.1. The van der Waals surface area contributed by atoms with E-state index in [0.717, 1.165) is 0 Å². The number of pyridine rings is 1. The molecule has 0 aliphatic rings. The van der Waals surface area contributed by atoms with Crippen LogP contribution in [-0.2, 0) is 0 Å². The van der Waals surface area contributed by atoms with Gasteiger partial charge in [0.15, 0.2) is 5.13 Å². The van der Waals surface area contributed by atoms with Gasteiger partial charge in [-0.2, -0.15) is 0 Å². The number of carbonyl (C=O) groups excluding carboxylic acids is 1. The van der Waals surface area contributed by atoms with Crippen LogP contribution in [0.25, 0.3) is 0 Å². The molecule has 2 heterocycles. The van der Waals surface area contributed by atoms with E-state index in [1.54, 1.807) is 35.8 Å². The summed E-state index contributed by atoms with van der Waals surface area (Å²) in [6, 6.07) is 12.4. The molecule has 0 unspecified atom stereocenters. The summed E-state index contributed by atoms with van der Waals surface area (Å²) in [4.78, 5) is 20.5. The number of thiazole rings is 1. The van der Waals surface area contributed by atoms with Gasteiger partial charge in [0.1, 0.15) is 11.5 Å². The second-order valence-electron chi connectivity index (χ2n) is 4.34. The largest absolute Gasteiger partial charge is 0.321 e. The number of hydrogen-bond acceptors (Lipinski definition) is 5. The van der Waals surface area contributed by atoms with Crippen molar-refractivity contribution in [1.29, 1.82) is 0 Å². The van der Waals surface area contributed by atoms with Gasteiger partial charge in [-0.1, -0.05) is 17.7 Å². The highest BCUT2D eigenvalue weighted by Gasteiger charge is 2.11. The molecule has 0 saturated heterocycles. The zero-order chi connectivity index (χ0) is 15.4. The molecule has 2 aromatic heterocycles. The molecule has 0 aliphatic carbocycles. The zero-order valence-corrected chi connectivity index (χ0v) is 12.9. The van der Waals surface area contributed by atoms with Crippen LogP contribution in [0.5, 0.6) is 0 Å². The lowest BCUT2D eigenvalue weighted by atomic mass is 10.3. The topological polar surface area (TPSA) is 66.9 Å². The van der Waals surface area contributed by atoms with Crippen molar-refractivity contribution in [2.75, 3.05) is 10.6 Å². The van der Waals surface area contributed by atoms with Crippen molar-refractivity contribution in [3.8, 4) is 0 Å². The van der Waals surface area contributed by atoms with Gasteiger partial charge in [-0.05, 0) is 36.4 Å². The Bertz CT molecular complexity index is 774. The number of benzene rings is 1. The Morgan fingerprint density at radius 1 is 1.14 bits per heavy atom. The van der Waals surface area contributed by atoms with Crippen LogP contribution < -0.4 is 10.6 Å². The minimum Gasteiger partial charge on any atom is -0.321 e. The van der Waals surface area contributed by atoms with Gasteiger partial charge in [0.2, 0.25) is 0 Å². The molecule has 22 heavy (non-hydrogen) atoms. The van der Waals surface area contributed by atoms with Gasteiger partial charge < -0.3 is 10.6 Å². The van der Waals surface area contributed by atoms with Crippen molar-refractivity contribution in [3.63, 3.8) is 0 Å². The zero-order valence-electron chi connectivity index (χ0n) is 11.3. The van der Waals surface area contributed by atoms with E-state index in [-0.39, 0.29) is 5.91 Å². The number of amides is 1. The summed E-state index contributed by atoms with van der Waals surface area (Å²) in [5, 5.41) is 8.74. The van der Waals surface area contributed by atoms with Gasteiger partial charge in [-0.25, -0.2) is 9.97 Å². The summed E-state index contributed by atoms with van der Waals surface area (Å²) in [6.07, 6.45) is 1.68. The molecular weight excluding hydrogens is 320 g/mol. The molecule has 5 nitrogen and oxygen atoms in total. The summed E-state index contributed by atoms with van der Waals surface area (Å²) in [5.41, 5.74) is 1.01. The van der Waals surface area contributed by atoms with E-state index in [2.05, 4.69) is 20.6 Å². The number of hydrogen-bond donors (Lipinski definition) is 2. The third-order valence-corrected chi connectivity index (χ3v) is 3.75. The van der Waals surface area contributed by atoms with Crippen molar-refractivity contribution in [3.05, 3.63) is 64.8 Å². The van der Waals surface area contributed by atoms with E-state index >= 15 is 0 Å². The maximum Gasteiger partial charge on any atom is 0.275 e. The highest BCUT2D eigenvalue weighted by molar-refractivity contribution is 7.14. The van der Waals surface area contributed by atoms with Crippen molar-refractivity contribution in [1.82, 2.24) is 9.97 Å². The normalized spacial score (nSPS) is 10.2. The quantitative estimate of drug-likeness (QED) is 0.752. The summed E-state index contributed by atoms with van der Waals surface area (Å²) in [6.45, 7) is 0. The molecule has 2 N–H and O–H groups in total. The SMILES string of the molecule is O=C(Nc1ccc(Cl)cc1)c1csc(Nc2ccccn2)n1. The Hall–Kier alpha value is -2.44. The Labute approximate surface area is 136 Å². The lowest BCUT2D eigenvalue weighted by molar-refractivity contribution is 0.102. The standard InChI is InChI=1S/C15H11ClN4OS/c16-10-4-6-11(7-5-10)18-14(21)12-9-22-15(19-12)20-13-3-1-2-8-17-13/h1-9H,(H,18,21)(H,17,19,20). The van der Waals surface area contributed by atoms with Crippen LogP contribution in [0.2, 0.25) is 5.02 Å². The smallest absolute Gasteiger partial charge is 0.275 e. The van der Waals surface area contributed by atoms with Crippen molar-refractivity contribution >= 4 is 45.5 Å². The molecule has 0 fully saturated rings. The van der Waals surface area contributed by atoms with E-state index in [1.807, 2.05) is 18.2 Å². The second-order valence-corrected chi connectivity index (χ2v) is 5.63. The first-order valence-corrected chi connectivity index (χ1v) is 7.67. The first-order valence-electron chi connectivity index (χ1n) is 6.41. The number of anilines is 3. The third kappa shape index (κ3) is 3.60. The van der Waals surface area contributed by atoms with Gasteiger partial charge in [-0.15, -0.1) is 11.3 Å². The summed E-state index contributed by atoms with van der Waals surface area (Å²) >= 11 is 7.15. The van der Waals surface area contributed by atoms with E-state index < -0.39 is 0 Å². The summed E-state index contributed by atoms with van der Waals surface area (Å²) < 4.78 is 0. The summed E-state index contributed by atoms with van der Waals surface area (Å²) in [7, 11) is 0. The molecule has 0 spiro atoms. The highest BCUT2D eigenvalue weighted by atomic mass is 35.5. The fourth-order valence-corrected chi connectivity index (χ4v) is 2.53. The van der Waals surface area contributed by atoms with E-state index in [1.165, 1.54) is 11.3 Å². The fourth-order valence-electron chi connectivity index (χ4n) is 1.71. The van der Waals surface area contributed by atoms with E-state index in [4.69, 9.17) is 11.6 Å². The highest BCUT2D eigenvalue weighted by Crippen LogP contribution is 2.20. The third-order valence-electron chi connectivity index (χ3n) is 2.74. The van der Waals surface area contributed by atoms with Crippen LogP contribution in [0.3, 0.4) is 0 Å². The molecule has 1 aromatic carbocycles. The minimum absolute atomic E-state index is 0.271. The van der Waals surface area contributed by atoms with Crippen LogP contribution in [-0.4, -0.2) is 15.9 Å². The Kier molecular flexibility index (Phi) is 4.32. The van der Waals surface area contributed by atoms with Crippen LogP contribution in [0.1, 0.15) is 10.5 Å². The lowest BCUT2D eigenvalue weighted by Crippen LogP contribution is -2.12. The molecular formula is C15H11ClN4OS. The maximum atomic E-state index is 12.1. The minimum atomic E-state index is -0.271. The van der Waals surface area contributed by atoms with E-state index in [9.17, 15) is 4.79 Å². The van der Waals surface area contributed by atoms with Gasteiger partial charge >= 0.3 is 0 Å². The first-order chi connectivity index (χ1) is 10.7. The number of nitrogens with one attached hydrogen (secondary N) is 2. The van der Waals surface area contributed by atoms with Crippen molar-refractivity contribution in [2.45, 2.75) is 0 Å². The number of carbonyl (C=O) groups is 1. The number of halogens is 1. The second kappa shape index (κ2) is 6.55. The number of aromatic nitrogens is 2. The number of rotatable bonds is 4. The monoisotopic (exact) mass is 330 g/mol. The van der Waals surface area contributed by atoms with Crippen LogP contribution >= 0.6 is 22.9 Å². The Balaban J connectivity index is 1.67. The first kappa shape index (κ1) is 14.5. The average molecular weight is 331 g/mol. The lowest BCUT2D eigenvalue weighted by Gasteiger charge is -2.03. The van der Waals surface area contributed by atoms with Gasteiger partial charge in [0.25, 0.3) is 5.91 Å². The predicted molar refractivity (Wildman–Crippen MR) is 89.0 cm³/mol. The molecule has 1 amide bonds. The molecule has 0 saturated carbocycles. The molecule has 0 aliphatic heterocycles. The number of nitrogens with zero attached hydrogens (tertiary/aromatic N) is 2. The molecule has 7 heteroatoms. The Morgan fingerprint density at radius 2 is 1.95 bits per heavy atom. The van der Waals surface area contributed by atoms with E-state index in [0.29, 0.717) is 27.4 Å². The molecule has 3 rings (SSSR count). The summed E-state index contributed by atoms with van der Waals surface area (Å²) in [5.74, 6) is 0.411. The molecule has 0 radical (unpaired) electrons. The van der Waals surface area contributed by atoms with Gasteiger partial charge in [-0.3, -0.25) is 4.79 Å². The molecule has 0 bridgehead atoms. The fraction of sp³-hybridized carbons (Fsp3) is 0. The van der Waals surface area contributed by atoms with Crippen LogP contribution in [0, 0.1) is 0 Å². The predicted octanol–water partition coefficient (Wildman–Crippen LogP) is 4.19. The van der Waals surface area contributed by atoms with Crippen LogP contribution in [0.15, 0.2) is 54.0 Å². The molecule has 110 valence electrons. The Morgan fingerprint density at radius 3 is 2.68 bits per heavy atom. The van der Waals surface area contributed by atoms with Crippen molar-refractivity contribution < 1.29 is 4.79 Å². The van der Waals surface area contributed by atoms with Crippen LogP contribution in [0.4, 0.5) is 16.6 Å². The molecule has 3 aromatic rings. The van der Waals surface area contributed by atoms with Crippen molar-refractivity contribution in [2.24, 2.45) is 0 Å². The van der Waals surface area contributed by atoms with Gasteiger partial charge in [0.05, 0.1) is 0 Å². The molecule has 0 atom stereocenters.